The van der Waals surface area contributed by atoms with Gasteiger partial charge in [-0.15, -0.1) is 10.2 Å². The van der Waals surface area contributed by atoms with Gasteiger partial charge in [0.1, 0.15) is 0 Å². The molecule has 1 aliphatic rings. The lowest BCUT2D eigenvalue weighted by Gasteiger charge is -2.31. The van der Waals surface area contributed by atoms with Gasteiger partial charge in [0, 0.05) is 25.6 Å². The van der Waals surface area contributed by atoms with Gasteiger partial charge in [-0.25, -0.2) is 0 Å². The van der Waals surface area contributed by atoms with Gasteiger partial charge in [-0.05, 0) is 25.8 Å². The Hall–Kier alpha value is -1.40. The van der Waals surface area contributed by atoms with Crippen molar-refractivity contribution in [3.8, 4) is 0 Å². The molecule has 21 heavy (non-hydrogen) atoms. The summed E-state index contributed by atoms with van der Waals surface area (Å²) in [6.07, 6.45) is 1.28. The van der Waals surface area contributed by atoms with Crippen LogP contribution in [0.5, 0.6) is 0 Å². The van der Waals surface area contributed by atoms with Crippen molar-refractivity contribution < 1.29 is 9.59 Å². The maximum Gasteiger partial charge on any atom is 0.257 e. The van der Waals surface area contributed by atoms with Gasteiger partial charge < -0.3 is 10.2 Å². The molecule has 1 fully saturated rings. The van der Waals surface area contributed by atoms with Crippen molar-refractivity contribution >= 4 is 35.0 Å². The first-order valence-corrected chi connectivity index (χ1v) is 7.54. The molecule has 1 N–H and O–H groups in total. The van der Waals surface area contributed by atoms with Gasteiger partial charge in [-0.3, -0.25) is 9.59 Å². The van der Waals surface area contributed by atoms with E-state index in [1.54, 1.807) is 4.90 Å². The number of hydrogen-bond acceptors (Lipinski definition) is 4. The number of aromatic nitrogens is 2. The molecule has 2 rings (SSSR count). The molecule has 0 aliphatic carbocycles. The first kappa shape index (κ1) is 16.0. The number of piperidine rings is 1. The Kier molecular flexibility index (Phi) is 5.36. The fraction of sp³-hybridized carbons (Fsp3) is 0.538. The van der Waals surface area contributed by atoms with E-state index in [1.807, 2.05) is 6.92 Å². The Balaban J connectivity index is 2.00. The van der Waals surface area contributed by atoms with Gasteiger partial charge in [0.05, 0.1) is 5.56 Å². The van der Waals surface area contributed by atoms with E-state index < -0.39 is 0 Å². The predicted octanol–water partition coefficient (Wildman–Crippen LogP) is 1.77. The summed E-state index contributed by atoms with van der Waals surface area (Å²) in [5.41, 5.74) is 0.244. The molecule has 6 nitrogen and oxygen atoms in total. The van der Waals surface area contributed by atoms with E-state index in [0.29, 0.717) is 32.5 Å². The summed E-state index contributed by atoms with van der Waals surface area (Å²) in [4.78, 5) is 25.8. The maximum atomic E-state index is 12.4. The molecule has 0 spiro atoms. The molecule has 1 aromatic rings. The lowest BCUT2D eigenvalue weighted by Crippen LogP contribution is -2.43. The van der Waals surface area contributed by atoms with Crippen molar-refractivity contribution in [2.45, 2.75) is 19.8 Å². The van der Waals surface area contributed by atoms with E-state index in [9.17, 15) is 9.59 Å². The molecule has 0 bridgehead atoms. The van der Waals surface area contributed by atoms with Crippen LogP contribution in [-0.4, -0.2) is 46.5 Å². The molecule has 2 heterocycles. The molecule has 0 unspecified atom stereocenters. The second kappa shape index (κ2) is 7.04. The van der Waals surface area contributed by atoms with Crippen molar-refractivity contribution in [1.29, 1.82) is 0 Å². The molecule has 0 aromatic carbocycles. The van der Waals surface area contributed by atoms with Crippen LogP contribution in [0.25, 0.3) is 0 Å². The standard InChI is InChI=1S/C13H16Cl2N4O2/c1-2-16-12(20)8-3-5-19(6-4-8)13(21)9-7-10(14)17-18-11(9)15/h7-8H,2-6H2,1H3,(H,16,20). The highest BCUT2D eigenvalue weighted by Gasteiger charge is 2.28. The monoisotopic (exact) mass is 330 g/mol. The smallest absolute Gasteiger partial charge is 0.257 e. The molecule has 114 valence electrons. The van der Waals surface area contributed by atoms with Crippen LogP contribution in [0, 0.1) is 5.92 Å². The van der Waals surface area contributed by atoms with Gasteiger partial charge in [0.25, 0.3) is 5.91 Å². The molecule has 1 aliphatic heterocycles. The second-order valence-corrected chi connectivity index (χ2v) is 5.58. The van der Waals surface area contributed by atoms with Crippen molar-refractivity contribution in [1.82, 2.24) is 20.4 Å². The third-order valence-corrected chi connectivity index (χ3v) is 3.92. The van der Waals surface area contributed by atoms with Crippen LogP contribution in [0.15, 0.2) is 6.07 Å². The fourth-order valence-electron chi connectivity index (χ4n) is 2.34. The third-order valence-electron chi connectivity index (χ3n) is 3.45. The van der Waals surface area contributed by atoms with E-state index in [1.165, 1.54) is 6.07 Å². The summed E-state index contributed by atoms with van der Waals surface area (Å²) in [6.45, 7) is 3.53. The van der Waals surface area contributed by atoms with E-state index in [0.717, 1.165) is 0 Å². The molecule has 0 saturated carbocycles. The minimum Gasteiger partial charge on any atom is -0.356 e. The quantitative estimate of drug-likeness (QED) is 0.916. The maximum absolute atomic E-state index is 12.4. The largest absolute Gasteiger partial charge is 0.356 e. The number of carbonyl (C=O) groups excluding carboxylic acids is 2. The van der Waals surface area contributed by atoms with Gasteiger partial charge in [-0.1, -0.05) is 23.2 Å². The first-order valence-electron chi connectivity index (χ1n) is 6.78. The van der Waals surface area contributed by atoms with Crippen LogP contribution in [0.4, 0.5) is 0 Å². The van der Waals surface area contributed by atoms with Crippen molar-refractivity contribution in [3.63, 3.8) is 0 Å². The van der Waals surface area contributed by atoms with E-state index in [4.69, 9.17) is 23.2 Å². The average Bonchev–Trinajstić information content (AvgIpc) is 2.49. The molecule has 0 radical (unpaired) electrons. The topological polar surface area (TPSA) is 75.2 Å². The molecule has 8 heteroatoms. The van der Waals surface area contributed by atoms with E-state index in [2.05, 4.69) is 15.5 Å². The number of amides is 2. The van der Waals surface area contributed by atoms with Crippen LogP contribution < -0.4 is 5.32 Å². The number of nitrogens with zero attached hydrogens (tertiary/aromatic N) is 3. The summed E-state index contributed by atoms with van der Waals surface area (Å²) < 4.78 is 0. The van der Waals surface area contributed by atoms with Gasteiger partial charge >= 0.3 is 0 Å². The Morgan fingerprint density at radius 2 is 2.00 bits per heavy atom. The lowest BCUT2D eigenvalue weighted by atomic mass is 9.95. The molecule has 1 saturated heterocycles. The first-order chi connectivity index (χ1) is 10.0. The van der Waals surface area contributed by atoms with Crippen LogP contribution in [0.3, 0.4) is 0 Å². The highest BCUT2D eigenvalue weighted by molar-refractivity contribution is 6.34. The second-order valence-electron chi connectivity index (χ2n) is 4.83. The molecular weight excluding hydrogens is 315 g/mol. The number of hydrogen-bond donors (Lipinski definition) is 1. The van der Waals surface area contributed by atoms with Crippen molar-refractivity contribution in [3.05, 3.63) is 21.9 Å². The van der Waals surface area contributed by atoms with E-state index in [-0.39, 0.29) is 33.6 Å². The minimum atomic E-state index is -0.230. The van der Waals surface area contributed by atoms with Crippen LogP contribution in [0.2, 0.25) is 10.3 Å². The summed E-state index contributed by atoms with van der Waals surface area (Å²) in [5.74, 6) is -0.217. The zero-order chi connectivity index (χ0) is 15.4. The highest BCUT2D eigenvalue weighted by Crippen LogP contribution is 2.22. The summed E-state index contributed by atoms with van der Waals surface area (Å²) in [5, 5.41) is 10.2. The van der Waals surface area contributed by atoms with E-state index >= 15 is 0 Å². The molecule has 1 aromatic heterocycles. The molecule has 2 amide bonds. The van der Waals surface area contributed by atoms with Crippen LogP contribution in [0.1, 0.15) is 30.1 Å². The summed E-state index contributed by atoms with van der Waals surface area (Å²) >= 11 is 11.6. The van der Waals surface area contributed by atoms with Crippen LogP contribution in [-0.2, 0) is 4.79 Å². The number of halogens is 2. The Morgan fingerprint density at radius 1 is 1.33 bits per heavy atom. The lowest BCUT2D eigenvalue weighted by molar-refractivity contribution is -0.126. The molecular formula is C13H16Cl2N4O2. The Bertz CT molecular complexity index is 545. The minimum absolute atomic E-state index is 0.0373. The normalized spacial score (nSPS) is 15.9. The predicted molar refractivity (Wildman–Crippen MR) is 79.4 cm³/mol. The number of carbonyl (C=O) groups is 2. The fourth-order valence-corrected chi connectivity index (χ4v) is 2.66. The van der Waals surface area contributed by atoms with Crippen molar-refractivity contribution in [2.24, 2.45) is 5.92 Å². The SMILES string of the molecule is CCNC(=O)C1CCN(C(=O)c2cc(Cl)nnc2Cl)CC1. The zero-order valence-electron chi connectivity index (χ0n) is 11.6. The summed E-state index contributed by atoms with van der Waals surface area (Å²) in [7, 11) is 0. The van der Waals surface area contributed by atoms with Gasteiger partial charge in [0.2, 0.25) is 5.91 Å². The summed E-state index contributed by atoms with van der Waals surface area (Å²) in [6, 6.07) is 1.41. The Labute approximate surface area is 132 Å². The third kappa shape index (κ3) is 3.83. The van der Waals surface area contributed by atoms with Crippen molar-refractivity contribution in [2.75, 3.05) is 19.6 Å². The number of nitrogens with one attached hydrogen (secondary N) is 1. The zero-order valence-corrected chi connectivity index (χ0v) is 13.1. The molecule has 0 atom stereocenters. The van der Waals surface area contributed by atoms with Crippen LogP contribution >= 0.6 is 23.2 Å². The van der Waals surface area contributed by atoms with Gasteiger partial charge in [-0.2, -0.15) is 0 Å². The highest BCUT2D eigenvalue weighted by atomic mass is 35.5. The van der Waals surface area contributed by atoms with Gasteiger partial charge in [0.15, 0.2) is 10.3 Å². The average molecular weight is 331 g/mol. The Morgan fingerprint density at radius 3 is 2.62 bits per heavy atom. The number of rotatable bonds is 3. The number of likely N-dealkylation sites (tertiary alicyclic amines) is 1.